The molecule has 2 saturated carbocycles. The number of nitro groups is 1. The number of methoxy groups -OCH3 is 2. The van der Waals surface area contributed by atoms with Gasteiger partial charge in [-0.05, 0) is 135 Å². The number of aromatic nitrogens is 2. The molecule has 4 aliphatic rings. The van der Waals surface area contributed by atoms with Gasteiger partial charge in [-0.25, -0.2) is 18.1 Å². The number of piperidine rings is 1. The Bertz CT molecular complexity index is 3490. The van der Waals surface area contributed by atoms with Crippen LogP contribution in [0.3, 0.4) is 0 Å². The second kappa shape index (κ2) is 22.1. The van der Waals surface area contributed by atoms with Crippen molar-refractivity contribution in [2.45, 2.75) is 107 Å². The minimum Gasteiger partial charge on any atom is -0.493 e. The zero-order valence-corrected chi connectivity index (χ0v) is 45.0. The van der Waals surface area contributed by atoms with Crippen LogP contribution in [0.4, 0.5) is 17.1 Å². The number of carbonyl (C=O) groups excluding carboxylic acids is 1. The van der Waals surface area contributed by atoms with E-state index in [9.17, 15) is 28.4 Å². The molecule has 77 heavy (non-hydrogen) atoms. The smallest absolute Gasteiger partial charge is 0.293 e. The number of nitro benzene ring substituents is 1. The minimum atomic E-state index is -4.66. The van der Waals surface area contributed by atoms with Crippen LogP contribution in [0.1, 0.15) is 119 Å². The molecule has 1 spiro atoms. The predicted molar refractivity (Wildman–Crippen MR) is 298 cm³/mol. The highest BCUT2D eigenvalue weighted by atomic mass is 35.5. The van der Waals surface area contributed by atoms with E-state index in [-0.39, 0.29) is 57.5 Å². The predicted octanol–water partition coefficient (Wildman–Crippen LogP) is 10.8. The summed E-state index contributed by atoms with van der Waals surface area (Å²) in [6, 6.07) is 23.8. The Morgan fingerprint density at radius 2 is 1.73 bits per heavy atom. The number of H-pyrrole nitrogens is 1. The summed E-state index contributed by atoms with van der Waals surface area (Å²) < 4.78 is 92.6. The number of rotatable bonds is 17. The van der Waals surface area contributed by atoms with Crippen molar-refractivity contribution < 1.29 is 45.7 Å². The second-order valence-electron chi connectivity index (χ2n) is 22.0. The maximum atomic E-state index is 14.2. The highest BCUT2D eigenvalue weighted by molar-refractivity contribution is 7.90. The number of amides is 1. The summed E-state index contributed by atoms with van der Waals surface area (Å²) >= 11 is 6.45. The van der Waals surface area contributed by atoms with Gasteiger partial charge in [0, 0.05) is 87.3 Å². The van der Waals surface area contributed by atoms with Gasteiger partial charge in [0.15, 0.2) is 11.5 Å². The number of halogens is 1. The number of aliphatic hydroxyl groups is 1. The van der Waals surface area contributed by atoms with Crippen LogP contribution in [0.2, 0.25) is 5.02 Å². The van der Waals surface area contributed by atoms with Crippen LogP contribution in [0, 0.1) is 21.4 Å². The zero-order valence-electron chi connectivity index (χ0n) is 49.4. The number of fused-ring (bicyclic) bond motifs is 1. The van der Waals surface area contributed by atoms with Crippen LogP contribution >= 0.6 is 11.6 Å². The van der Waals surface area contributed by atoms with E-state index in [2.05, 4.69) is 72.8 Å². The van der Waals surface area contributed by atoms with Gasteiger partial charge in [-0.1, -0.05) is 55.8 Å². The normalized spacial score (nSPS) is 22.7. The van der Waals surface area contributed by atoms with E-state index in [1.807, 2.05) is 0 Å². The second-order valence-corrected chi connectivity index (χ2v) is 24.1. The van der Waals surface area contributed by atoms with Crippen molar-refractivity contribution in [3.63, 3.8) is 0 Å². The number of piperazine rings is 1. The molecule has 17 nitrogen and oxygen atoms in total. The summed E-state index contributed by atoms with van der Waals surface area (Å²) in [6.45, 7) is 10.7. The lowest BCUT2D eigenvalue weighted by Gasteiger charge is -2.58. The van der Waals surface area contributed by atoms with Gasteiger partial charge < -0.3 is 34.5 Å². The van der Waals surface area contributed by atoms with E-state index in [4.69, 9.17) is 34.0 Å². The first-order valence-electron chi connectivity index (χ1n) is 29.3. The minimum absolute atomic E-state index is 0.0533. The fourth-order valence-electron chi connectivity index (χ4n) is 12.0. The van der Waals surface area contributed by atoms with Crippen molar-refractivity contribution in [3.05, 3.63) is 135 Å². The van der Waals surface area contributed by atoms with Gasteiger partial charge in [-0.2, -0.15) is 0 Å². The molecule has 4 aromatic carbocycles. The van der Waals surface area contributed by atoms with Gasteiger partial charge in [0.25, 0.3) is 21.6 Å². The molecular formula is C58H69ClN8O9S. The summed E-state index contributed by atoms with van der Waals surface area (Å²) in [6.07, 6.45) is 9.58. The average Bonchev–Trinajstić information content (AvgIpc) is 3.36. The molecule has 0 radical (unpaired) electrons. The van der Waals surface area contributed by atoms with Crippen molar-refractivity contribution in [1.29, 1.82) is 0 Å². The number of carbonyl (C=O) groups is 1. The number of pyridine rings is 1. The van der Waals surface area contributed by atoms with E-state index in [0.717, 1.165) is 68.9 Å². The van der Waals surface area contributed by atoms with Gasteiger partial charge in [-0.3, -0.25) is 24.7 Å². The number of nitrogens with zero attached hydrogens (tertiary/aromatic N) is 5. The zero-order chi connectivity index (χ0) is 59.2. The van der Waals surface area contributed by atoms with Crippen molar-refractivity contribution >= 4 is 55.6 Å². The highest BCUT2D eigenvalue weighted by Crippen LogP contribution is 2.53. The summed E-state index contributed by atoms with van der Waals surface area (Å²) in [7, 11) is -10.3. The fourth-order valence-corrected chi connectivity index (χ4v) is 13.2. The Kier molecular flexibility index (Phi) is 13.4. The maximum absolute atomic E-state index is 14.2. The molecule has 6 aromatic rings. The largest absolute Gasteiger partial charge is 0.493 e. The molecule has 2 aliphatic heterocycles. The third-order valence-electron chi connectivity index (χ3n) is 16.5. The SMILES string of the molecule is [2H]C([2H])([2H])Oc1ccc(CN2CCN(C3CC4(CCN(c5ccc(C(=O)NS(=O)(=O)c6ccc(NCC7CCC(C)(O)CC7)c([N+](=O)[O-])c6)c(Oc6cnc7[nH]cc(Cl)c7c6)c5)CC4)C3)[C@H](c3ccccc3C(C)C)C2)cc1OC([2H])([2H])[2H]. The number of anilines is 2. The molecule has 2 aliphatic carbocycles. The molecule has 4 N–H and O–H groups in total. The Morgan fingerprint density at radius 3 is 2.48 bits per heavy atom. The van der Waals surface area contributed by atoms with Gasteiger partial charge >= 0.3 is 0 Å². The Hall–Kier alpha value is -6.44. The van der Waals surface area contributed by atoms with Crippen molar-refractivity contribution in [3.8, 4) is 23.0 Å². The lowest BCUT2D eigenvalue weighted by Crippen LogP contribution is -2.60. The third kappa shape index (κ3) is 11.7. The molecule has 4 fully saturated rings. The van der Waals surface area contributed by atoms with Crippen LogP contribution in [0.15, 0.2) is 102 Å². The topological polar surface area (TPSA) is 205 Å². The van der Waals surface area contributed by atoms with Crippen LogP contribution < -0.4 is 29.1 Å². The molecule has 0 unspecified atom stereocenters. The molecule has 2 aromatic heterocycles. The number of benzene rings is 4. The van der Waals surface area contributed by atoms with E-state index in [1.165, 1.54) is 41.6 Å². The van der Waals surface area contributed by atoms with E-state index in [1.54, 1.807) is 43.5 Å². The fraction of sp³-hybridized carbons (Fsp3) is 0.448. The summed E-state index contributed by atoms with van der Waals surface area (Å²) in [5, 5.41) is 26.7. The number of sulfonamides is 1. The molecular weight excluding hydrogens is 1020 g/mol. The van der Waals surface area contributed by atoms with E-state index >= 15 is 0 Å². The van der Waals surface area contributed by atoms with Crippen molar-refractivity contribution in [1.82, 2.24) is 24.5 Å². The Labute approximate surface area is 463 Å². The first kappa shape index (κ1) is 46.6. The Balaban J connectivity index is 0.836. The molecule has 4 heterocycles. The molecule has 1 amide bonds. The molecule has 19 heteroatoms. The first-order valence-corrected chi connectivity index (χ1v) is 28.1. The van der Waals surface area contributed by atoms with Crippen LogP contribution in [0.5, 0.6) is 23.0 Å². The molecule has 1 atom stereocenters. The summed E-state index contributed by atoms with van der Waals surface area (Å²) in [5.74, 6) is -0.603. The number of aromatic amines is 1. The van der Waals surface area contributed by atoms with Gasteiger partial charge in [0.2, 0.25) is 0 Å². The number of hydrogen-bond donors (Lipinski definition) is 4. The van der Waals surface area contributed by atoms with Crippen LogP contribution in [-0.4, -0.2) is 109 Å². The van der Waals surface area contributed by atoms with Crippen molar-refractivity contribution in [2.24, 2.45) is 11.3 Å². The summed E-state index contributed by atoms with van der Waals surface area (Å²) in [5.41, 5.74) is 3.50. The molecule has 0 bridgehead atoms. The molecule has 10 rings (SSSR count). The third-order valence-corrected chi connectivity index (χ3v) is 18.1. The maximum Gasteiger partial charge on any atom is 0.293 e. The highest BCUT2D eigenvalue weighted by Gasteiger charge is 2.50. The number of ether oxygens (including phenoxy) is 3. The van der Waals surface area contributed by atoms with Gasteiger partial charge in [0.1, 0.15) is 22.8 Å². The number of hydrogen-bond acceptors (Lipinski definition) is 14. The monoisotopic (exact) mass is 1090 g/mol. The van der Waals surface area contributed by atoms with Crippen molar-refractivity contribution in [2.75, 3.05) is 63.6 Å². The average molecular weight is 1100 g/mol. The van der Waals surface area contributed by atoms with Gasteiger partial charge in [-0.15, -0.1) is 0 Å². The number of nitrogens with one attached hydrogen (secondary N) is 3. The molecule has 408 valence electrons. The van der Waals surface area contributed by atoms with Crippen LogP contribution in [0.25, 0.3) is 11.0 Å². The lowest BCUT2D eigenvalue weighted by atomic mass is 9.59. The Morgan fingerprint density at radius 1 is 0.961 bits per heavy atom. The first-order chi connectivity index (χ1) is 39.2. The standard InChI is InChI=1S/C58H69ClN8O9S/c1-37(2)44-8-6-7-9-45(44)51-36-64(35-39-10-15-52(74-4)54(26-39)75-5)24-25-66(51)41-30-58(31-41)20-22-65(23-21-58)40-11-13-46(53(27-40)76-42-28-47-48(59)34-62-55(47)61-33-42)56(68)63-77(72,73)43-12-14-49(50(29-43)67(70)71)60-32-38-16-18-57(3,69)19-17-38/h6-15,26-29,33-34,37-38,41,51,60,69H,16-25,30-32,35-36H2,1-5H3,(H,61,62)(H,63,68)/t38?,51-,57?/m0/s1/i4D3,5D3. The van der Waals surface area contributed by atoms with E-state index in [0.29, 0.717) is 67.7 Å². The van der Waals surface area contributed by atoms with E-state index < -0.39 is 51.1 Å². The molecule has 2 saturated heterocycles. The quantitative estimate of drug-likeness (QED) is 0.0496. The van der Waals surface area contributed by atoms with Crippen LogP contribution in [-0.2, 0) is 16.6 Å². The summed E-state index contributed by atoms with van der Waals surface area (Å²) in [4.78, 5) is 40.0. The van der Waals surface area contributed by atoms with Gasteiger partial charge in [0.05, 0.1) is 54.5 Å². The lowest BCUT2D eigenvalue weighted by molar-refractivity contribution is -0.384.